The molecule has 0 bridgehead atoms. The highest BCUT2D eigenvalue weighted by atomic mass is 32.1. The monoisotopic (exact) mass is 319 g/mol. The Hall–Kier alpha value is -1.73. The number of nitrogens with one attached hydrogen (secondary N) is 1. The van der Waals surface area contributed by atoms with Crippen molar-refractivity contribution < 1.29 is 5.11 Å². The highest BCUT2D eigenvalue weighted by molar-refractivity contribution is 7.11. The van der Waals surface area contributed by atoms with Gasteiger partial charge in [0.2, 0.25) is 5.95 Å². The van der Waals surface area contributed by atoms with Crippen molar-refractivity contribution in [3.8, 4) is 0 Å². The number of nitrogens with two attached hydrogens (primary N) is 1. The van der Waals surface area contributed by atoms with E-state index in [1.807, 2.05) is 13.0 Å². The minimum atomic E-state index is -0.200. The third-order valence-electron chi connectivity index (χ3n) is 4.01. The number of hydrogen-bond acceptors (Lipinski definition) is 7. The molecule has 0 unspecified atom stereocenters. The molecule has 7 heteroatoms. The molecule has 1 aliphatic carbocycles. The molecule has 0 radical (unpaired) electrons. The zero-order valence-corrected chi connectivity index (χ0v) is 13.7. The average molecular weight is 319 g/mol. The molecule has 1 saturated carbocycles. The van der Waals surface area contributed by atoms with Gasteiger partial charge in [0, 0.05) is 29.8 Å². The van der Waals surface area contributed by atoms with Crippen LogP contribution in [0.5, 0.6) is 0 Å². The van der Waals surface area contributed by atoms with Gasteiger partial charge in [-0.1, -0.05) is 0 Å². The number of thiazole rings is 1. The Bertz CT molecular complexity index is 646. The number of rotatable bonds is 5. The lowest BCUT2D eigenvalue weighted by Crippen LogP contribution is -2.27. The van der Waals surface area contributed by atoms with Crippen molar-refractivity contribution in [3.63, 3.8) is 0 Å². The van der Waals surface area contributed by atoms with Crippen LogP contribution in [0.4, 0.5) is 11.8 Å². The summed E-state index contributed by atoms with van der Waals surface area (Å²) < 4.78 is 0. The van der Waals surface area contributed by atoms with Crippen molar-refractivity contribution in [2.75, 3.05) is 17.6 Å². The minimum Gasteiger partial charge on any atom is -0.393 e. The zero-order chi connectivity index (χ0) is 15.7. The van der Waals surface area contributed by atoms with Crippen LogP contribution >= 0.6 is 11.3 Å². The number of aryl methyl sites for hydroxylation is 2. The van der Waals surface area contributed by atoms with Gasteiger partial charge in [0.05, 0.1) is 22.5 Å². The lowest BCUT2D eigenvalue weighted by atomic mass is 9.80. The molecule has 0 aliphatic heterocycles. The lowest BCUT2D eigenvalue weighted by Gasteiger charge is -2.30. The molecule has 0 aromatic carbocycles. The Morgan fingerprint density at radius 3 is 2.73 bits per heavy atom. The van der Waals surface area contributed by atoms with Crippen molar-refractivity contribution in [3.05, 3.63) is 27.3 Å². The minimum absolute atomic E-state index is 0.200. The Balaban J connectivity index is 1.60. The van der Waals surface area contributed by atoms with Crippen LogP contribution in [0.15, 0.2) is 6.07 Å². The van der Waals surface area contributed by atoms with Gasteiger partial charge in [-0.2, -0.15) is 4.98 Å². The maximum absolute atomic E-state index is 9.41. The molecule has 1 fully saturated rings. The Morgan fingerprint density at radius 1 is 1.32 bits per heavy atom. The van der Waals surface area contributed by atoms with Crippen LogP contribution in [0.1, 0.15) is 40.0 Å². The molecular formula is C15H21N5OS. The third kappa shape index (κ3) is 3.36. The van der Waals surface area contributed by atoms with E-state index in [0.717, 1.165) is 48.0 Å². The topological polar surface area (TPSA) is 97.0 Å². The smallest absolute Gasteiger partial charge is 0.222 e. The maximum atomic E-state index is 9.41. The lowest BCUT2D eigenvalue weighted by molar-refractivity contribution is 0.0732. The third-order valence-corrected chi connectivity index (χ3v) is 5.15. The van der Waals surface area contributed by atoms with E-state index in [1.165, 1.54) is 4.88 Å². The molecule has 1 aliphatic rings. The summed E-state index contributed by atoms with van der Waals surface area (Å²) in [5.74, 6) is 1.32. The SMILES string of the molecule is Cc1nc(CCNc2cc(C3CC(O)C3)nc(N)n2)sc1C. The van der Waals surface area contributed by atoms with Gasteiger partial charge in [-0.05, 0) is 26.7 Å². The number of nitrogens with zero attached hydrogens (tertiary/aromatic N) is 3. The van der Waals surface area contributed by atoms with E-state index in [0.29, 0.717) is 5.92 Å². The summed E-state index contributed by atoms with van der Waals surface area (Å²) in [5, 5.41) is 13.8. The van der Waals surface area contributed by atoms with E-state index >= 15 is 0 Å². The molecule has 0 atom stereocenters. The fraction of sp³-hybridized carbons (Fsp3) is 0.533. The molecular weight excluding hydrogens is 298 g/mol. The van der Waals surface area contributed by atoms with Gasteiger partial charge in [-0.15, -0.1) is 11.3 Å². The number of aliphatic hydroxyl groups excluding tert-OH is 1. The molecule has 2 heterocycles. The number of nitrogen functional groups attached to an aromatic ring is 1. The summed E-state index contributed by atoms with van der Waals surface area (Å²) in [6.45, 7) is 4.89. The summed E-state index contributed by atoms with van der Waals surface area (Å²) in [4.78, 5) is 14.3. The van der Waals surface area contributed by atoms with E-state index in [4.69, 9.17) is 5.73 Å². The molecule has 6 nitrogen and oxygen atoms in total. The normalized spacial score (nSPS) is 20.7. The van der Waals surface area contributed by atoms with Gasteiger partial charge in [-0.3, -0.25) is 0 Å². The van der Waals surface area contributed by atoms with E-state index in [9.17, 15) is 5.11 Å². The van der Waals surface area contributed by atoms with Crippen molar-refractivity contribution >= 4 is 23.1 Å². The molecule has 22 heavy (non-hydrogen) atoms. The fourth-order valence-corrected chi connectivity index (χ4v) is 3.49. The number of aliphatic hydroxyl groups is 1. The van der Waals surface area contributed by atoms with E-state index in [1.54, 1.807) is 11.3 Å². The number of hydrogen-bond donors (Lipinski definition) is 3. The second-order valence-corrected chi connectivity index (χ2v) is 7.07. The molecule has 0 spiro atoms. The van der Waals surface area contributed by atoms with Crippen LogP contribution in [0.2, 0.25) is 0 Å². The van der Waals surface area contributed by atoms with Crippen LogP contribution < -0.4 is 11.1 Å². The number of anilines is 2. The summed E-state index contributed by atoms with van der Waals surface area (Å²) in [6, 6.07) is 1.94. The van der Waals surface area contributed by atoms with Crippen molar-refractivity contribution in [1.82, 2.24) is 15.0 Å². The first-order valence-electron chi connectivity index (χ1n) is 7.50. The van der Waals surface area contributed by atoms with Gasteiger partial charge < -0.3 is 16.2 Å². The highest BCUT2D eigenvalue weighted by Gasteiger charge is 2.30. The predicted octanol–water partition coefficient (Wildman–Crippen LogP) is 2.03. The van der Waals surface area contributed by atoms with Crippen LogP contribution in [0, 0.1) is 13.8 Å². The van der Waals surface area contributed by atoms with Crippen molar-refractivity contribution in [2.24, 2.45) is 0 Å². The first-order valence-corrected chi connectivity index (χ1v) is 8.32. The van der Waals surface area contributed by atoms with Crippen molar-refractivity contribution in [2.45, 2.75) is 45.1 Å². The first-order chi connectivity index (χ1) is 10.5. The summed E-state index contributed by atoms with van der Waals surface area (Å²) >= 11 is 1.74. The second-order valence-electron chi connectivity index (χ2n) is 5.78. The quantitative estimate of drug-likeness (QED) is 0.780. The van der Waals surface area contributed by atoms with Crippen LogP contribution in [0.25, 0.3) is 0 Å². The van der Waals surface area contributed by atoms with Gasteiger partial charge >= 0.3 is 0 Å². The zero-order valence-electron chi connectivity index (χ0n) is 12.8. The molecule has 2 aromatic rings. The highest BCUT2D eigenvalue weighted by Crippen LogP contribution is 2.36. The molecule has 0 amide bonds. The fourth-order valence-electron chi connectivity index (χ4n) is 2.56. The largest absolute Gasteiger partial charge is 0.393 e. The van der Waals surface area contributed by atoms with Crippen molar-refractivity contribution in [1.29, 1.82) is 0 Å². The van der Waals surface area contributed by atoms with E-state index in [2.05, 4.69) is 27.2 Å². The molecule has 0 saturated heterocycles. The Morgan fingerprint density at radius 2 is 2.09 bits per heavy atom. The summed E-state index contributed by atoms with van der Waals surface area (Å²) in [6.07, 6.45) is 2.18. The summed E-state index contributed by atoms with van der Waals surface area (Å²) in [7, 11) is 0. The van der Waals surface area contributed by atoms with Crippen LogP contribution in [-0.2, 0) is 6.42 Å². The average Bonchev–Trinajstić information content (AvgIpc) is 2.73. The predicted molar refractivity (Wildman–Crippen MR) is 88.2 cm³/mol. The molecule has 3 rings (SSSR count). The number of aromatic nitrogens is 3. The Labute approximate surface area is 133 Å². The molecule has 118 valence electrons. The van der Waals surface area contributed by atoms with Gasteiger partial charge in [0.25, 0.3) is 0 Å². The second kappa shape index (κ2) is 6.18. The Kier molecular flexibility index (Phi) is 4.26. The van der Waals surface area contributed by atoms with E-state index < -0.39 is 0 Å². The van der Waals surface area contributed by atoms with E-state index in [-0.39, 0.29) is 12.1 Å². The molecule has 2 aromatic heterocycles. The summed E-state index contributed by atoms with van der Waals surface area (Å²) in [5.41, 5.74) is 7.81. The van der Waals surface area contributed by atoms with Crippen LogP contribution in [-0.4, -0.2) is 32.7 Å². The van der Waals surface area contributed by atoms with Gasteiger partial charge in [0.1, 0.15) is 5.82 Å². The van der Waals surface area contributed by atoms with Gasteiger partial charge in [-0.25, -0.2) is 9.97 Å². The standard InChI is InChI=1S/C15H21N5OS/c1-8-9(2)22-14(18-8)3-4-17-13-7-12(19-15(16)20-13)10-5-11(21)6-10/h7,10-11,21H,3-6H2,1-2H3,(H3,16,17,19,20). The first kappa shape index (κ1) is 15.2. The molecule has 4 N–H and O–H groups in total. The maximum Gasteiger partial charge on any atom is 0.222 e. The van der Waals surface area contributed by atoms with Gasteiger partial charge in [0.15, 0.2) is 0 Å². The van der Waals surface area contributed by atoms with Crippen LogP contribution in [0.3, 0.4) is 0 Å².